The lowest BCUT2D eigenvalue weighted by Gasteiger charge is -2.38. The summed E-state index contributed by atoms with van der Waals surface area (Å²) in [5.74, 6) is 0. The summed E-state index contributed by atoms with van der Waals surface area (Å²) in [6.45, 7) is 6.88. The third kappa shape index (κ3) is 3.80. The second-order valence-corrected chi connectivity index (χ2v) is 7.24. The van der Waals surface area contributed by atoms with Crippen molar-refractivity contribution in [2.45, 2.75) is 45.6 Å². The zero-order valence-corrected chi connectivity index (χ0v) is 17.1. The molecule has 3 aromatic rings. The van der Waals surface area contributed by atoms with Crippen molar-refractivity contribution in [1.82, 2.24) is 4.98 Å². The number of hydrogen-bond acceptors (Lipinski definition) is 3. The molecule has 1 aromatic heterocycles. The Kier molecular flexibility index (Phi) is 6.03. The summed E-state index contributed by atoms with van der Waals surface area (Å²) in [5.41, 5.74) is 11.8. The van der Waals surface area contributed by atoms with Crippen LogP contribution in [0.1, 0.15) is 45.6 Å². The molecule has 1 fully saturated rings. The van der Waals surface area contributed by atoms with Gasteiger partial charge in [0.15, 0.2) is 0 Å². The van der Waals surface area contributed by atoms with E-state index in [1.807, 2.05) is 19.9 Å². The first-order valence-corrected chi connectivity index (χ1v) is 10.2. The van der Waals surface area contributed by atoms with Crippen LogP contribution in [-0.2, 0) is 5.54 Å². The highest BCUT2D eigenvalue weighted by molar-refractivity contribution is 6.34. The standard InChI is InChI=1S/C21H22ClN3.C2H6/c1-2-24-20-17-12-15(6-9-19(17)25-13-18(20)22)14-4-7-16(8-5-14)21(23)10-3-11-21;1-2/h4-9,12-13H,2-3,10-11,23H2,1H3,(H,24,25);1-2H3. The first-order chi connectivity index (χ1) is 13.1. The van der Waals surface area contributed by atoms with Crippen LogP contribution < -0.4 is 11.1 Å². The van der Waals surface area contributed by atoms with Gasteiger partial charge in [-0.3, -0.25) is 4.98 Å². The van der Waals surface area contributed by atoms with E-state index < -0.39 is 0 Å². The molecular weight excluding hydrogens is 354 g/mol. The number of pyridine rings is 1. The van der Waals surface area contributed by atoms with Gasteiger partial charge in [0.2, 0.25) is 0 Å². The van der Waals surface area contributed by atoms with Gasteiger partial charge in [-0.25, -0.2) is 0 Å². The molecule has 4 rings (SSSR count). The summed E-state index contributed by atoms with van der Waals surface area (Å²) in [4.78, 5) is 4.44. The third-order valence-electron chi connectivity index (χ3n) is 5.21. The number of benzene rings is 2. The highest BCUT2D eigenvalue weighted by Crippen LogP contribution is 2.39. The maximum atomic E-state index is 6.43. The van der Waals surface area contributed by atoms with E-state index in [1.165, 1.54) is 17.5 Å². The number of anilines is 1. The van der Waals surface area contributed by atoms with Gasteiger partial charge in [-0.1, -0.05) is 55.8 Å². The van der Waals surface area contributed by atoms with E-state index in [-0.39, 0.29) is 5.54 Å². The Balaban J connectivity index is 0.00000102. The predicted octanol–water partition coefficient (Wildman–Crippen LogP) is 6.35. The topological polar surface area (TPSA) is 50.9 Å². The minimum atomic E-state index is -0.114. The maximum Gasteiger partial charge on any atom is 0.0827 e. The van der Waals surface area contributed by atoms with Crippen molar-refractivity contribution in [2.24, 2.45) is 5.73 Å². The van der Waals surface area contributed by atoms with Gasteiger partial charge < -0.3 is 11.1 Å². The van der Waals surface area contributed by atoms with Crippen LogP contribution in [-0.4, -0.2) is 11.5 Å². The van der Waals surface area contributed by atoms with Gasteiger partial charge in [0.1, 0.15) is 0 Å². The zero-order valence-electron chi connectivity index (χ0n) is 16.3. The summed E-state index contributed by atoms with van der Waals surface area (Å²) in [5, 5.41) is 5.05. The number of aromatic nitrogens is 1. The molecule has 1 aliphatic rings. The molecule has 0 aliphatic heterocycles. The van der Waals surface area contributed by atoms with E-state index in [1.54, 1.807) is 6.20 Å². The maximum absolute atomic E-state index is 6.43. The minimum absolute atomic E-state index is 0.114. The van der Waals surface area contributed by atoms with Crippen LogP contribution in [0.4, 0.5) is 5.69 Å². The van der Waals surface area contributed by atoms with Crippen molar-refractivity contribution in [3.05, 3.63) is 59.2 Å². The smallest absolute Gasteiger partial charge is 0.0827 e. The van der Waals surface area contributed by atoms with Crippen LogP contribution in [0.15, 0.2) is 48.7 Å². The Morgan fingerprint density at radius 1 is 1.07 bits per heavy atom. The molecule has 1 saturated carbocycles. The van der Waals surface area contributed by atoms with Crippen molar-refractivity contribution >= 4 is 28.2 Å². The van der Waals surface area contributed by atoms with Gasteiger partial charge in [-0.2, -0.15) is 0 Å². The fourth-order valence-corrected chi connectivity index (χ4v) is 3.76. The lowest BCUT2D eigenvalue weighted by Crippen LogP contribution is -2.43. The summed E-state index contributed by atoms with van der Waals surface area (Å²) < 4.78 is 0. The minimum Gasteiger partial charge on any atom is -0.384 e. The number of halogens is 1. The second-order valence-electron chi connectivity index (χ2n) is 6.83. The van der Waals surface area contributed by atoms with Crippen molar-refractivity contribution in [3.63, 3.8) is 0 Å². The van der Waals surface area contributed by atoms with Crippen molar-refractivity contribution in [2.75, 3.05) is 11.9 Å². The van der Waals surface area contributed by atoms with Crippen LogP contribution >= 0.6 is 11.6 Å². The van der Waals surface area contributed by atoms with Gasteiger partial charge in [0.05, 0.1) is 16.2 Å². The Labute approximate surface area is 167 Å². The van der Waals surface area contributed by atoms with E-state index >= 15 is 0 Å². The van der Waals surface area contributed by atoms with Crippen LogP contribution in [0.5, 0.6) is 0 Å². The molecule has 2 aromatic carbocycles. The van der Waals surface area contributed by atoms with Gasteiger partial charge in [-0.15, -0.1) is 0 Å². The fourth-order valence-electron chi connectivity index (χ4n) is 3.55. The number of nitrogens with zero attached hydrogens (tertiary/aromatic N) is 1. The van der Waals surface area contributed by atoms with E-state index in [2.05, 4.69) is 53.6 Å². The Hall–Kier alpha value is -2.10. The number of hydrogen-bond donors (Lipinski definition) is 2. The number of fused-ring (bicyclic) bond motifs is 1. The highest BCUT2D eigenvalue weighted by atomic mass is 35.5. The van der Waals surface area contributed by atoms with E-state index in [0.29, 0.717) is 5.02 Å². The van der Waals surface area contributed by atoms with Crippen molar-refractivity contribution in [1.29, 1.82) is 0 Å². The van der Waals surface area contributed by atoms with Crippen molar-refractivity contribution < 1.29 is 0 Å². The molecule has 0 radical (unpaired) electrons. The third-order valence-corrected chi connectivity index (χ3v) is 5.50. The fraction of sp³-hybridized carbons (Fsp3) is 0.348. The van der Waals surface area contributed by atoms with Crippen LogP contribution in [0.2, 0.25) is 5.02 Å². The SMILES string of the molecule is CC.CCNc1c(Cl)cnc2ccc(-c3ccc(C4(N)CCC4)cc3)cc12. The molecule has 142 valence electrons. The van der Waals surface area contributed by atoms with E-state index in [0.717, 1.165) is 41.5 Å². The normalized spacial score (nSPS) is 14.9. The molecule has 3 N–H and O–H groups in total. The summed E-state index contributed by atoms with van der Waals surface area (Å²) >= 11 is 6.33. The number of nitrogens with one attached hydrogen (secondary N) is 1. The quantitative estimate of drug-likeness (QED) is 0.553. The lowest BCUT2D eigenvalue weighted by atomic mass is 9.72. The second kappa shape index (κ2) is 8.28. The summed E-state index contributed by atoms with van der Waals surface area (Å²) in [7, 11) is 0. The largest absolute Gasteiger partial charge is 0.384 e. The number of rotatable bonds is 4. The molecular formula is C23H28ClN3. The van der Waals surface area contributed by atoms with Crippen LogP contribution in [0.25, 0.3) is 22.0 Å². The Bertz CT molecular complexity index is 915. The molecule has 1 aliphatic carbocycles. The van der Waals surface area contributed by atoms with Gasteiger partial charge >= 0.3 is 0 Å². The van der Waals surface area contributed by atoms with Crippen molar-refractivity contribution in [3.8, 4) is 11.1 Å². The molecule has 3 nitrogen and oxygen atoms in total. The van der Waals surface area contributed by atoms with E-state index in [4.69, 9.17) is 17.3 Å². The van der Waals surface area contributed by atoms with E-state index in [9.17, 15) is 0 Å². The lowest BCUT2D eigenvalue weighted by molar-refractivity contribution is 0.253. The highest BCUT2D eigenvalue weighted by Gasteiger charge is 2.33. The average Bonchev–Trinajstić information content (AvgIpc) is 2.70. The van der Waals surface area contributed by atoms with Gasteiger partial charge in [0, 0.05) is 23.7 Å². The molecule has 0 bridgehead atoms. The summed E-state index contributed by atoms with van der Waals surface area (Å²) in [6.07, 6.45) is 5.09. The molecule has 0 saturated heterocycles. The summed E-state index contributed by atoms with van der Waals surface area (Å²) in [6, 6.07) is 15.0. The van der Waals surface area contributed by atoms with Crippen LogP contribution in [0.3, 0.4) is 0 Å². The molecule has 0 unspecified atom stereocenters. The molecule has 0 amide bonds. The molecule has 4 heteroatoms. The number of nitrogens with two attached hydrogens (primary N) is 1. The predicted molar refractivity (Wildman–Crippen MR) is 117 cm³/mol. The Morgan fingerprint density at radius 3 is 2.33 bits per heavy atom. The first-order valence-electron chi connectivity index (χ1n) is 9.83. The monoisotopic (exact) mass is 381 g/mol. The van der Waals surface area contributed by atoms with Gasteiger partial charge in [0.25, 0.3) is 0 Å². The first kappa shape index (κ1) is 19.7. The molecule has 0 spiro atoms. The molecule has 27 heavy (non-hydrogen) atoms. The average molecular weight is 382 g/mol. The molecule has 1 heterocycles. The van der Waals surface area contributed by atoms with Gasteiger partial charge in [-0.05, 0) is 55.0 Å². The zero-order chi connectivity index (χ0) is 19.4. The van der Waals surface area contributed by atoms with Crippen LogP contribution in [0, 0.1) is 0 Å². The molecule has 0 atom stereocenters. The Morgan fingerprint density at radius 2 is 1.74 bits per heavy atom.